The van der Waals surface area contributed by atoms with Crippen LogP contribution in [0.15, 0.2) is 21.9 Å². The zero-order valence-corrected chi connectivity index (χ0v) is 14.5. The molecule has 0 N–H and O–H groups in total. The highest BCUT2D eigenvalue weighted by atomic mass is 32.2. The second-order valence-electron chi connectivity index (χ2n) is 5.26. The predicted molar refractivity (Wildman–Crippen MR) is 85.8 cm³/mol. The summed E-state index contributed by atoms with van der Waals surface area (Å²) in [5.74, 6) is 0.385. The number of nitrogens with zero attached hydrogens (tertiary/aromatic N) is 2. The second kappa shape index (κ2) is 6.21. The molecule has 0 saturated heterocycles. The van der Waals surface area contributed by atoms with Gasteiger partial charge in [-0.2, -0.15) is 0 Å². The van der Waals surface area contributed by atoms with E-state index in [9.17, 15) is 13.2 Å². The second-order valence-corrected chi connectivity index (χ2v) is 8.39. The van der Waals surface area contributed by atoms with Crippen LogP contribution in [0.4, 0.5) is 0 Å². The molecule has 0 unspecified atom stereocenters. The van der Waals surface area contributed by atoms with Crippen LogP contribution in [0.1, 0.15) is 23.2 Å². The van der Waals surface area contributed by atoms with Gasteiger partial charge < -0.3 is 9.32 Å². The monoisotopic (exact) mass is 342 g/mol. The van der Waals surface area contributed by atoms with Crippen molar-refractivity contribution in [3.05, 3.63) is 29.0 Å². The molecule has 2 aromatic rings. The van der Waals surface area contributed by atoms with E-state index in [1.165, 1.54) is 16.2 Å². The Morgan fingerprint density at radius 2 is 2.18 bits per heavy atom. The van der Waals surface area contributed by atoms with Crippen molar-refractivity contribution in [1.82, 2.24) is 9.88 Å². The summed E-state index contributed by atoms with van der Waals surface area (Å²) in [6, 6.07) is 3.30. The Hall–Kier alpha value is -1.67. The van der Waals surface area contributed by atoms with E-state index in [2.05, 4.69) is 4.98 Å². The first kappa shape index (κ1) is 16.7. The van der Waals surface area contributed by atoms with Crippen molar-refractivity contribution in [3.63, 3.8) is 0 Å². The van der Waals surface area contributed by atoms with E-state index in [0.29, 0.717) is 11.7 Å². The fourth-order valence-corrected chi connectivity index (χ4v) is 3.77. The number of carbonyl (C=O) groups is 1. The molecule has 0 radical (unpaired) electrons. The molecule has 2 rings (SSSR count). The van der Waals surface area contributed by atoms with Gasteiger partial charge in [-0.15, -0.1) is 11.3 Å². The van der Waals surface area contributed by atoms with Crippen LogP contribution in [0.3, 0.4) is 0 Å². The normalized spacial score (nSPS) is 13.1. The Balaban J connectivity index is 2.22. The summed E-state index contributed by atoms with van der Waals surface area (Å²) >= 11 is 1.47. The van der Waals surface area contributed by atoms with Crippen molar-refractivity contribution in [2.45, 2.75) is 19.9 Å². The van der Waals surface area contributed by atoms with Crippen LogP contribution >= 0.6 is 11.3 Å². The van der Waals surface area contributed by atoms with Gasteiger partial charge >= 0.3 is 0 Å². The van der Waals surface area contributed by atoms with E-state index in [1.54, 1.807) is 20.9 Å². The Kier molecular flexibility index (Phi) is 4.72. The fraction of sp³-hybridized carbons (Fsp3) is 0.429. The van der Waals surface area contributed by atoms with Gasteiger partial charge in [0, 0.05) is 19.3 Å². The molecule has 22 heavy (non-hydrogen) atoms. The first-order chi connectivity index (χ1) is 10.2. The summed E-state index contributed by atoms with van der Waals surface area (Å²) in [7, 11) is -1.59. The zero-order valence-electron chi connectivity index (χ0n) is 12.9. The number of hydrogen-bond donors (Lipinski definition) is 0. The number of sulfone groups is 1. The molecule has 8 heteroatoms. The minimum absolute atomic E-state index is 0.0933. The van der Waals surface area contributed by atoms with Crippen molar-refractivity contribution in [2.24, 2.45) is 0 Å². The molecule has 0 fully saturated rings. The molecule has 0 bridgehead atoms. The van der Waals surface area contributed by atoms with Crippen LogP contribution in [0.25, 0.3) is 10.8 Å². The largest absolute Gasteiger partial charge is 0.440 e. The summed E-state index contributed by atoms with van der Waals surface area (Å²) in [5.41, 5.74) is 0.214. The lowest BCUT2D eigenvalue weighted by molar-refractivity contribution is 0.0750. The lowest BCUT2D eigenvalue weighted by Gasteiger charge is -2.23. The average molecular weight is 342 g/mol. The van der Waals surface area contributed by atoms with E-state index in [-0.39, 0.29) is 17.4 Å². The Morgan fingerprint density at radius 1 is 1.50 bits per heavy atom. The van der Waals surface area contributed by atoms with Crippen LogP contribution in [0.2, 0.25) is 0 Å². The van der Waals surface area contributed by atoms with Crippen molar-refractivity contribution in [2.75, 3.05) is 19.1 Å². The summed E-state index contributed by atoms with van der Waals surface area (Å²) in [4.78, 5) is 19.0. The van der Waals surface area contributed by atoms with Crippen LogP contribution in [0.5, 0.6) is 0 Å². The standard InChI is InChI=1S/C14H18N2O4S2/c1-9(8-22(4,18)19)16(3)14(17)12-10(2)20-13(15-12)11-6-5-7-21-11/h5-7,9H,8H2,1-4H3/t9-/m0/s1. The van der Waals surface area contributed by atoms with Gasteiger partial charge in [-0.3, -0.25) is 4.79 Å². The minimum Gasteiger partial charge on any atom is -0.440 e. The summed E-state index contributed by atoms with van der Waals surface area (Å²) in [6.45, 7) is 3.36. The van der Waals surface area contributed by atoms with E-state index >= 15 is 0 Å². The van der Waals surface area contributed by atoms with Crippen molar-refractivity contribution in [3.8, 4) is 10.8 Å². The van der Waals surface area contributed by atoms with Crippen LogP contribution in [-0.2, 0) is 9.84 Å². The van der Waals surface area contributed by atoms with Gasteiger partial charge in [-0.05, 0) is 25.3 Å². The molecule has 6 nitrogen and oxygen atoms in total. The first-order valence-electron chi connectivity index (χ1n) is 6.65. The number of rotatable bonds is 5. The molecule has 1 amide bonds. The maximum Gasteiger partial charge on any atom is 0.276 e. The highest BCUT2D eigenvalue weighted by Crippen LogP contribution is 2.26. The van der Waals surface area contributed by atoms with Crippen molar-refractivity contribution < 1.29 is 17.6 Å². The van der Waals surface area contributed by atoms with Crippen LogP contribution in [0, 0.1) is 6.92 Å². The molecule has 0 saturated carbocycles. The average Bonchev–Trinajstić information content (AvgIpc) is 3.03. The summed E-state index contributed by atoms with van der Waals surface area (Å²) in [5, 5.41) is 1.90. The lowest BCUT2D eigenvalue weighted by Crippen LogP contribution is -2.39. The molecule has 1 atom stereocenters. The van der Waals surface area contributed by atoms with E-state index in [4.69, 9.17) is 4.42 Å². The number of oxazole rings is 1. The Labute approximate surface area is 133 Å². The molecular weight excluding hydrogens is 324 g/mol. The maximum atomic E-state index is 12.5. The van der Waals surface area contributed by atoms with Gasteiger partial charge in [0.2, 0.25) is 5.89 Å². The van der Waals surface area contributed by atoms with E-state index in [0.717, 1.165) is 11.1 Å². The lowest BCUT2D eigenvalue weighted by atomic mass is 10.2. The molecule has 2 heterocycles. The molecule has 0 spiro atoms. The van der Waals surface area contributed by atoms with E-state index < -0.39 is 15.9 Å². The zero-order chi connectivity index (χ0) is 16.5. The highest BCUT2D eigenvalue weighted by molar-refractivity contribution is 7.90. The molecular formula is C14H18N2O4S2. The number of hydrogen-bond acceptors (Lipinski definition) is 6. The fourth-order valence-electron chi connectivity index (χ4n) is 2.02. The number of aromatic nitrogens is 1. The SMILES string of the molecule is Cc1oc(-c2cccs2)nc1C(=O)N(C)[C@@H](C)CS(C)(=O)=O. The number of amides is 1. The summed E-state index contributed by atoms with van der Waals surface area (Å²) in [6.07, 6.45) is 1.15. The minimum atomic E-state index is -3.16. The van der Waals surface area contributed by atoms with Crippen molar-refractivity contribution in [1.29, 1.82) is 0 Å². The van der Waals surface area contributed by atoms with Gasteiger partial charge in [0.05, 0.1) is 10.6 Å². The highest BCUT2D eigenvalue weighted by Gasteiger charge is 2.26. The van der Waals surface area contributed by atoms with E-state index in [1.807, 2.05) is 17.5 Å². The molecule has 0 aliphatic carbocycles. The third-order valence-electron chi connectivity index (χ3n) is 3.26. The van der Waals surface area contributed by atoms with Crippen LogP contribution < -0.4 is 0 Å². The molecule has 0 aliphatic rings. The molecule has 2 aromatic heterocycles. The van der Waals surface area contributed by atoms with Crippen LogP contribution in [-0.4, -0.2) is 49.3 Å². The predicted octanol–water partition coefficient (Wildman–Crippen LogP) is 2.22. The summed E-state index contributed by atoms with van der Waals surface area (Å²) < 4.78 is 28.3. The third kappa shape index (κ3) is 3.75. The molecule has 0 aliphatic heterocycles. The van der Waals surface area contributed by atoms with Gasteiger partial charge in [-0.1, -0.05) is 6.07 Å². The van der Waals surface area contributed by atoms with Crippen molar-refractivity contribution >= 4 is 27.1 Å². The van der Waals surface area contributed by atoms with Gasteiger partial charge in [0.15, 0.2) is 5.69 Å². The molecule has 0 aromatic carbocycles. The topological polar surface area (TPSA) is 80.5 Å². The first-order valence-corrected chi connectivity index (χ1v) is 9.59. The number of thiophene rings is 1. The third-order valence-corrected chi connectivity index (χ3v) is 5.20. The Morgan fingerprint density at radius 3 is 2.73 bits per heavy atom. The smallest absolute Gasteiger partial charge is 0.276 e. The molecule has 120 valence electrons. The van der Waals surface area contributed by atoms with Gasteiger partial charge in [0.1, 0.15) is 15.6 Å². The van der Waals surface area contributed by atoms with Gasteiger partial charge in [0.25, 0.3) is 5.91 Å². The number of aryl methyl sites for hydroxylation is 1. The van der Waals surface area contributed by atoms with Gasteiger partial charge in [-0.25, -0.2) is 13.4 Å². The maximum absolute atomic E-state index is 12.5. The number of carbonyl (C=O) groups excluding carboxylic acids is 1. The quantitative estimate of drug-likeness (QED) is 0.832. The Bertz CT molecular complexity index is 763.